The van der Waals surface area contributed by atoms with Crippen molar-refractivity contribution in [2.75, 3.05) is 19.8 Å². The van der Waals surface area contributed by atoms with Gasteiger partial charge in [-0.3, -0.25) is 0 Å². The number of aliphatic hydroxyl groups is 1. The Morgan fingerprint density at radius 3 is 2.94 bits per heavy atom. The fraction of sp³-hybridized carbons (Fsp3) is 0.600. The van der Waals surface area contributed by atoms with E-state index in [1.54, 1.807) is 0 Å². The van der Waals surface area contributed by atoms with Crippen molar-refractivity contribution in [2.24, 2.45) is 5.92 Å². The van der Waals surface area contributed by atoms with Crippen molar-refractivity contribution in [2.45, 2.75) is 32.3 Å². The van der Waals surface area contributed by atoms with Crippen LogP contribution in [0.25, 0.3) is 0 Å². The SMILES string of the molecule is CC(C)c1cccc(OCC(O)C2CCOC2)c1. The minimum Gasteiger partial charge on any atom is -0.491 e. The van der Waals surface area contributed by atoms with Gasteiger partial charge in [0.25, 0.3) is 0 Å². The number of rotatable bonds is 5. The molecule has 0 aromatic heterocycles. The third-order valence-corrected chi connectivity index (χ3v) is 3.45. The van der Waals surface area contributed by atoms with E-state index < -0.39 is 6.10 Å². The normalized spacial score (nSPS) is 21.2. The van der Waals surface area contributed by atoms with E-state index in [0.717, 1.165) is 18.8 Å². The molecule has 3 heteroatoms. The van der Waals surface area contributed by atoms with Gasteiger partial charge in [0.1, 0.15) is 12.4 Å². The number of ether oxygens (including phenoxy) is 2. The molecule has 1 aliphatic heterocycles. The summed E-state index contributed by atoms with van der Waals surface area (Å²) in [6.45, 7) is 6.06. The third kappa shape index (κ3) is 3.47. The molecule has 1 fully saturated rings. The average Bonchev–Trinajstić information content (AvgIpc) is 2.90. The van der Waals surface area contributed by atoms with E-state index in [4.69, 9.17) is 9.47 Å². The molecular weight excluding hydrogens is 228 g/mol. The minimum absolute atomic E-state index is 0.221. The molecule has 2 atom stereocenters. The van der Waals surface area contributed by atoms with Crippen LogP contribution in [0.15, 0.2) is 24.3 Å². The predicted octanol–water partition coefficient (Wildman–Crippen LogP) is 2.59. The van der Waals surface area contributed by atoms with E-state index in [9.17, 15) is 5.11 Å². The van der Waals surface area contributed by atoms with Gasteiger partial charge in [-0.1, -0.05) is 26.0 Å². The summed E-state index contributed by atoms with van der Waals surface area (Å²) < 4.78 is 10.9. The lowest BCUT2D eigenvalue weighted by Gasteiger charge is -2.17. The topological polar surface area (TPSA) is 38.7 Å². The van der Waals surface area contributed by atoms with Crippen LogP contribution in [0.5, 0.6) is 5.75 Å². The minimum atomic E-state index is -0.435. The maximum atomic E-state index is 9.98. The van der Waals surface area contributed by atoms with E-state index in [-0.39, 0.29) is 5.92 Å². The second kappa shape index (κ2) is 6.21. The fourth-order valence-corrected chi connectivity index (χ4v) is 2.14. The standard InChI is InChI=1S/C15H22O3/c1-11(2)12-4-3-5-14(8-12)18-10-15(16)13-6-7-17-9-13/h3-5,8,11,13,15-16H,6-7,9-10H2,1-2H3. The largest absolute Gasteiger partial charge is 0.491 e. The Kier molecular flexibility index (Phi) is 4.61. The Balaban J connectivity index is 1.87. The Labute approximate surface area is 109 Å². The zero-order chi connectivity index (χ0) is 13.0. The molecule has 1 saturated heterocycles. The van der Waals surface area contributed by atoms with Crippen molar-refractivity contribution >= 4 is 0 Å². The monoisotopic (exact) mass is 250 g/mol. The summed E-state index contributed by atoms with van der Waals surface area (Å²) in [5.74, 6) is 1.54. The lowest BCUT2D eigenvalue weighted by atomic mass is 10.0. The van der Waals surface area contributed by atoms with Gasteiger partial charge >= 0.3 is 0 Å². The zero-order valence-electron chi connectivity index (χ0n) is 11.1. The second-order valence-corrected chi connectivity index (χ2v) is 5.23. The van der Waals surface area contributed by atoms with Crippen molar-refractivity contribution in [3.8, 4) is 5.75 Å². The molecule has 0 spiro atoms. The van der Waals surface area contributed by atoms with E-state index in [1.165, 1.54) is 5.56 Å². The van der Waals surface area contributed by atoms with Crippen molar-refractivity contribution in [3.05, 3.63) is 29.8 Å². The van der Waals surface area contributed by atoms with Crippen molar-refractivity contribution < 1.29 is 14.6 Å². The van der Waals surface area contributed by atoms with Gasteiger partial charge in [0, 0.05) is 12.5 Å². The highest BCUT2D eigenvalue weighted by Gasteiger charge is 2.24. The zero-order valence-corrected chi connectivity index (χ0v) is 11.1. The molecule has 2 unspecified atom stereocenters. The van der Waals surface area contributed by atoms with Gasteiger partial charge in [-0.05, 0) is 30.0 Å². The first-order valence-corrected chi connectivity index (χ1v) is 6.65. The summed E-state index contributed by atoms with van der Waals surface area (Å²) >= 11 is 0. The van der Waals surface area contributed by atoms with E-state index in [1.807, 2.05) is 18.2 Å². The fourth-order valence-electron chi connectivity index (χ4n) is 2.14. The van der Waals surface area contributed by atoms with Crippen molar-refractivity contribution in [1.29, 1.82) is 0 Å². The van der Waals surface area contributed by atoms with Crippen LogP contribution in [-0.2, 0) is 4.74 Å². The molecule has 0 saturated carbocycles. The molecule has 1 aliphatic rings. The van der Waals surface area contributed by atoms with Crippen LogP contribution in [0.4, 0.5) is 0 Å². The molecule has 1 N–H and O–H groups in total. The van der Waals surface area contributed by atoms with Crippen LogP contribution in [0.1, 0.15) is 31.7 Å². The predicted molar refractivity (Wildman–Crippen MR) is 71.0 cm³/mol. The summed E-state index contributed by atoms with van der Waals surface area (Å²) in [4.78, 5) is 0. The first kappa shape index (κ1) is 13.4. The number of hydrogen-bond acceptors (Lipinski definition) is 3. The summed E-state index contributed by atoms with van der Waals surface area (Å²) in [5, 5.41) is 9.98. The quantitative estimate of drug-likeness (QED) is 0.873. The molecule has 0 radical (unpaired) electrons. The van der Waals surface area contributed by atoms with Gasteiger partial charge in [-0.25, -0.2) is 0 Å². The van der Waals surface area contributed by atoms with Crippen molar-refractivity contribution in [3.63, 3.8) is 0 Å². The van der Waals surface area contributed by atoms with Gasteiger partial charge in [0.15, 0.2) is 0 Å². The lowest BCUT2D eigenvalue weighted by molar-refractivity contribution is 0.0499. The molecule has 1 aromatic rings. The van der Waals surface area contributed by atoms with Crippen LogP contribution < -0.4 is 4.74 Å². The number of hydrogen-bond donors (Lipinski definition) is 1. The first-order chi connectivity index (χ1) is 8.66. The Morgan fingerprint density at radius 1 is 1.44 bits per heavy atom. The number of aliphatic hydroxyl groups excluding tert-OH is 1. The lowest BCUT2D eigenvalue weighted by Crippen LogP contribution is -2.27. The Bertz CT molecular complexity index is 370. The van der Waals surface area contributed by atoms with Gasteiger partial charge in [-0.2, -0.15) is 0 Å². The van der Waals surface area contributed by atoms with Gasteiger partial charge in [0.05, 0.1) is 12.7 Å². The summed E-state index contributed by atoms with van der Waals surface area (Å²) in [5.41, 5.74) is 1.26. The van der Waals surface area contributed by atoms with Gasteiger partial charge in [0.2, 0.25) is 0 Å². The molecular formula is C15H22O3. The van der Waals surface area contributed by atoms with Gasteiger partial charge in [-0.15, -0.1) is 0 Å². The molecule has 0 amide bonds. The molecule has 0 bridgehead atoms. The van der Waals surface area contributed by atoms with E-state index in [2.05, 4.69) is 19.9 Å². The van der Waals surface area contributed by atoms with Crippen LogP contribution in [-0.4, -0.2) is 31.0 Å². The van der Waals surface area contributed by atoms with E-state index >= 15 is 0 Å². The summed E-state index contributed by atoms with van der Waals surface area (Å²) in [7, 11) is 0. The third-order valence-electron chi connectivity index (χ3n) is 3.45. The summed E-state index contributed by atoms with van der Waals surface area (Å²) in [6.07, 6.45) is 0.492. The summed E-state index contributed by atoms with van der Waals surface area (Å²) in [6, 6.07) is 8.07. The van der Waals surface area contributed by atoms with Crippen LogP contribution in [0.2, 0.25) is 0 Å². The highest BCUT2D eigenvalue weighted by Crippen LogP contribution is 2.22. The van der Waals surface area contributed by atoms with Crippen LogP contribution in [0, 0.1) is 5.92 Å². The molecule has 100 valence electrons. The molecule has 2 rings (SSSR count). The maximum absolute atomic E-state index is 9.98. The molecule has 18 heavy (non-hydrogen) atoms. The highest BCUT2D eigenvalue weighted by atomic mass is 16.5. The van der Waals surface area contributed by atoms with Gasteiger partial charge < -0.3 is 14.6 Å². The van der Waals surface area contributed by atoms with Crippen molar-refractivity contribution in [1.82, 2.24) is 0 Å². The van der Waals surface area contributed by atoms with Crippen LogP contribution >= 0.6 is 0 Å². The first-order valence-electron chi connectivity index (χ1n) is 6.65. The van der Waals surface area contributed by atoms with Crippen LogP contribution in [0.3, 0.4) is 0 Å². The maximum Gasteiger partial charge on any atom is 0.119 e. The molecule has 1 aromatic carbocycles. The Morgan fingerprint density at radius 2 is 2.28 bits per heavy atom. The van der Waals surface area contributed by atoms with E-state index in [0.29, 0.717) is 19.1 Å². The highest BCUT2D eigenvalue weighted by molar-refractivity contribution is 5.30. The smallest absolute Gasteiger partial charge is 0.119 e. The second-order valence-electron chi connectivity index (χ2n) is 5.23. The number of benzene rings is 1. The average molecular weight is 250 g/mol. The molecule has 3 nitrogen and oxygen atoms in total. The molecule has 1 heterocycles. The molecule has 0 aliphatic carbocycles. The Hall–Kier alpha value is -1.06.